The largest absolute Gasteiger partial charge is 0.454 e. The van der Waals surface area contributed by atoms with Gasteiger partial charge in [0.15, 0.2) is 0 Å². The number of benzene rings is 1. The highest BCUT2D eigenvalue weighted by Gasteiger charge is 2.41. The van der Waals surface area contributed by atoms with Gasteiger partial charge in [0.2, 0.25) is 0 Å². The first-order valence-electron chi connectivity index (χ1n) is 6.14. The van der Waals surface area contributed by atoms with Gasteiger partial charge in [-0.2, -0.15) is 13.2 Å². The summed E-state index contributed by atoms with van der Waals surface area (Å²) in [4.78, 5) is 11.5. The minimum absolute atomic E-state index is 0.131. The number of halogens is 3. The molecule has 0 spiro atoms. The van der Waals surface area contributed by atoms with Crippen LogP contribution in [0.2, 0.25) is 0 Å². The molecule has 0 heterocycles. The minimum atomic E-state index is -4.80. The lowest BCUT2D eigenvalue weighted by atomic mass is 9.92. The van der Waals surface area contributed by atoms with Crippen molar-refractivity contribution in [1.82, 2.24) is 0 Å². The van der Waals surface area contributed by atoms with Crippen LogP contribution in [0.4, 0.5) is 13.2 Å². The summed E-state index contributed by atoms with van der Waals surface area (Å²) >= 11 is 0. The van der Waals surface area contributed by atoms with E-state index in [1.54, 1.807) is 18.2 Å². The van der Waals surface area contributed by atoms with Gasteiger partial charge in [-0.25, -0.2) is 0 Å². The van der Waals surface area contributed by atoms with Gasteiger partial charge in [-0.1, -0.05) is 44.9 Å². The molecule has 0 radical (unpaired) electrons. The second-order valence-corrected chi connectivity index (χ2v) is 4.28. The molecule has 0 atom stereocenters. The van der Waals surface area contributed by atoms with E-state index in [0.717, 1.165) is 0 Å². The van der Waals surface area contributed by atoms with Crippen molar-refractivity contribution >= 4 is 5.78 Å². The van der Waals surface area contributed by atoms with Gasteiger partial charge < -0.3 is 0 Å². The Labute approximate surface area is 105 Å². The summed E-state index contributed by atoms with van der Waals surface area (Å²) in [6.07, 6.45) is -2.38. The Bertz CT molecular complexity index is 397. The van der Waals surface area contributed by atoms with Crippen molar-refractivity contribution in [3.05, 3.63) is 34.9 Å². The Morgan fingerprint density at radius 2 is 1.50 bits per heavy atom. The summed E-state index contributed by atoms with van der Waals surface area (Å²) in [6, 6.07) is 4.95. The molecule has 0 aromatic heterocycles. The van der Waals surface area contributed by atoms with E-state index in [1.807, 2.05) is 13.8 Å². The van der Waals surface area contributed by atoms with E-state index in [2.05, 4.69) is 0 Å². The number of hydrogen-bond donors (Lipinski definition) is 0. The Hall–Kier alpha value is -1.32. The molecule has 0 fully saturated rings. The van der Waals surface area contributed by atoms with Gasteiger partial charge in [0.25, 0.3) is 5.78 Å². The molecule has 1 aromatic carbocycles. The van der Waals surface area contributed by atoms with Gasteiger partial charge in [0, 0.05) is 5.56 Å². The van der Waals surface area contributed by atoms with E-state index in [-0.39, 0.29) is 5.56 Å². The van der Waals surface area contributed by atoms with Gasteiger partial charge >= 0.3 is 6.18 Å². The van der Waals surface area contributed by atoms with E-state index in [4.69, 9.17) is 0 Å². The van der Waals surface area contributed by atoms with Crippen LogP contribution in [0.15, 0.2) is 18.2 Å². The monoisotopic (exact) mass is 258 g/mol. The molecule has 0 aliphatic rings. The molecule has 100 valence electrons. The van der Waals surface area contributed by atoms with Crippen molar-refractivity contribution in [3.8, 4) is 0 Å². The Morgan fingerprint density at radius 1 is 1.06 bits per heavy atom. The molecule has 1 rings (SSSR count). The molecule has 0 aliphatic heterocycles. The number of ketones is 1. The van der Waals surface area contributed by atoms with E-state index in [0.29, 0.717) is 36.8 Å². The zero-order valence-electron chi connectivity index (χ0n) is 10.6. The Balaban J connectivity index is 3.30. The molecular formula is C14H17F3O. The molecule has 0 saturated carbocycles. The first-order chi connectivity index (χ1) is 8.41. The van der Waals surface area contributed by atoms with Crippen molar-refractivity contribution in [2.75, 3.05) is 0 Å². The van der Waals surface area contributed by atoms with Crippen LogP contribution in [0.25, 0.3) is 0 Å². The topological polar surface area (TPSA) is 17.1 Å². The molecule has 0 saturated heterocycles. The summed E-state index contributed by atoms with van der Waals surface area (Å²) in [5.74, 6) is -1.71. The highest BCUT2D eigenvalue weighted by molar-refractivity contribution is 6.02. The molecule has 0 amide bonds. The molecule has 4 heteroatoms. The van der Waals surface area contributed by atoms with Gasteiger partial charge in [0.1, 0.15) is 0 Å². The SMILES string of the molecule is CCCc1cccc(CCC)c1C(=O)C(F)(F)F. The van der Waals surface area contributed by atoms with Crippen LogP contribution in [0.5, 0.6) is 0 Å². The molecule has 0 bridgehead atoms. The molecule has 1 aromatic rings. The van der Waals surface area contributed by atoms with Gasteiger partial charge in [0.05, 0.1) is 0 Å². The highest BCUT2D eigenvalue weighted by Crippen LogP contribution is 2.27. The molecule has 0 unspecified atom stereocenters. The third-order valence-corrected chi connectivity index (χ3v) is 2.76. The van der Waals surface area contributed by atoms with E-state index in [9.17, 15) is 18.0 Å². The summed E-state index contributed by atoms with van der Waals surface area (Å²) < 4.78 is 37.9. The normalized spacial score (nSPS) is 11.6. The zero-order chi connectivity index (χ0) is 13.8. The lowest BCUT2D eigenvalue weighted by molar-refractivity contribution is -0.0886. The summed E-state index contributed by atoms with van der Waals surface area (Å²) in [7, 11) is 0. The average Bonchev–Trinajstić information content (AvgIpc) is 2.28. The number of aryl methyl sites for hydroxylation is 2. The minimum Gasteiger partial charge on any atom is -0.284 e. The van der Waals surface area contributed by atoms with Crippen LogP contribution in [0.1, 0.15) is 48.2 Å². The molecular weight excluding hydrogens is 241 g/mol. The van der Waals surface area contributed by atoms with Crippen molar-refractivity contribution in [1.29, 1.82) is 0 Å². The summed E-state index contributed by atoms with van der Waals surface area (Å²) in [5.41, 5.74) is 0.880. The number of rotatable bonds is 5. The maximum atomic E-state index is 12.6. The number of hydrogen-bond acceptors (Lipinski definition) is 1. The standard InChI is InChI=1S/C14H17F3O/c1-3-6-10-8-5-9-11(7-4-2)12(10)13(18)14(15,16)17/h5,8-9H,3-4,6-7H2,1-2H3. The van der Waals surface area contributed by atoms with Crippen molar-refractivity contribution < 1.29 is 18.0 Å². The highest BCUT2D eigenvalue weighted by atomic mass is 19.4. The van der Waals surface area contributed by atoms with Crippen LogP contribution in [-0.2, 0) is 12.8 Å². The average molecular weight is 258 g/mol. The first kappa shape index (κ1) is 14.7. The molecule has 18 heavy (non-hydrogen) atoms. The molecule has 0 N–H and O–H groups in total. The van der Waals surface area contributed by atoms with Crippen molar-refractivity contribution in [2.45, 2.75) is 45.7 Å². The third-order valence-electron chi connectivity index (χ3n) is 2.76. The quantitative estimate of drug-likeness (QED) is 0.718. The maximum absolute atomic E-state index is 12.6. The predicted octanol–water partition coefficient (Wildman–Crippen LogP) is 4.34. The van der Waals surface area contributed by atoms with Gasteiger partial charge in [-0.15, -0.1) is 0 Å². The smallest absolute Gasteiger partial charge is 0.284 e. The fourth-order valence-corrected chi connectivity index (χ4v) is 2.04. The number of alkyl halides is 3. The first-order valence-corrected chi connectivity index (χ1v) is 6.14. The number of Topliss-reactive ketones (excluding diaryl/α,β-unsaturated/α-hetero) is 1. The van der Waals surface area contributed by atoms with Crippen LogP contribution in [0.3, 0.4) is 0 Å². The second-order valence-electron chi connectivity index (χ2n) is 4.28. The van der Waals surface area contributed by atoms with Crippen LogP contribution >= 0.6 is 0 Å². The van der Waals surface area contributed by atoms with Crippen LogP contribution in [0, 0.1) is 0 Å². The zero-order valence-corrected chi connectivity index (χ0v) is 10.6. The van der Waals surface area contributed by atoms with E-state index < -0.39 is 12.0 Å². The second kappa shape index (κ2) is 6.03. The van der Waals surface area contributed by atoms with Gasteiger partial charge in [-0.3, -0.25) is 4.79 Å². The lowest BCUT2D eigenvalue weighted by Gasteiger charge is -2.14. The van der Waals surface area contributed by atoms with Crippen molar-refractivity contribution in [3.63, 3.8) is 0 Å². The molecule has 1 nitrogen and oxygen atoms in total. The fraction of sp³-hybridized carbons (Fsp3) is 0.500. The summed E-state index contributed by atoms with van der Waals surface area (Å²) in [6.45, 7) is 3.77. The summed E-state index contributed by atoms with van der Waals surface area (Å²) in [5, 5.41) is 0. The van der Waals surface area contributed by atoms with Crippen LogP contribution < -0.4 is 0 Å². The number of carbonyl (C=O) groups is 1. The third kappa shape index (κ3) is 3.34. The fourth-order valence-electron chi connectivity index (χ4n) is 2.04. The Kier molecular flexibility index (Phi) is 4.93. The maximum Gasteiger partial charge on any atom is 0.454 e. The molecule has 0 aliphatic carbocycles. The van der Waals surface area contributed by atoms with E-state index >= 15 is 0 Å². The Morgan fingerprint density at radius 3 is 1.83 bits per heavy atom. The number of carbonyl (C=O) groups excluding carboxylic acids is 1. The van der Waals surface area contributed by atoms with Crippen LogP contribution in [-0.4, -0.2) is 12.0 Å². The van der Waals surface area contributed by atoms with E-state index in [1.165, 1.54) is 0 Å². The van der Waals surface area contributed by atoms with Crippen molar-refractivity contribution in [2.24, 2.45) is 0 Å². The lowest BCUT2D eigenvalue weighted by Crippen LogP contribution is -2.25. The van der Waals surface area contributed by atoms with Gasteiger partial charge in [-0.05, 0) is 24.0 Å². The predicted molar refractivity (Wildman–Crippen MR) is 64.8 cm³/mol.